The predicted molar refractivity (Wildman–Crippen MR) is 81.3 cm³/mol. The molecule has 0 spiro atoms. The van der Waals surface area contributed by atoms with E-state index in [9.17, 15) is 9.59 Å². The maximum Gasteiger partial charge on any atom is 0.282 e. The molecule has 2 aromatic rings. The van der Waals surface area contributed by atoms with Crippen molar-refractivity contribution in [1.29, 1.82) is 0 Å². The average molecular weight is 285 g/mol. The van der Waals surface area contributed by atoms with E-state index in [4.69, 9.17) is 0 Å². The van der Waals surface area contributed by atoms with Crippen LogP contribution in [-0.2, 0) is 6.54 Å². The molecule has 1 amide bonds. The number of rotatable bonds is 3. The van der Waals surface area contributed by atoms with Crippen LogP contribution in [0.2, 0.25) is 0 Å². The second kappa shape index (κ2) is 5.91. The van der Waals surface area contributed by atoms with Gasteiger partial charge in [0.05, 0.1) is 6.54 Å². The predicted octanol–water partition coefficient (Wildman–Crippen LogP) is 1.82. The monoisotopic (exact) mass is 285 g/mol. The smallest absolute Gasteiger partial charge is 0.282 e. The molecule has 0 unspecified atom stereocenters. The van der Waals surface area contributed by atoms with Crippen LogP contribution < -0.4 is 10.9 Å². The van der Waals surface area contributed by atoms with Gasteiger partial charge in [0.2, 0.25) is 0 Å². The Kier molecular flexibility index (Phi) is 4.21. The molecule has 0 bridgehead atoms. The van der Waals surface area contributed by atoms with Gasteiger partial charge in [-0.1, -0.05) is 30.3 Å². The molecular weight excluding hydrogens is 266 g/mol. The Bertz CT molecular complexity index is 685. The van der Waals surface area contributed by atoms with Crippen LogP contribution in [0, 0.1) is 0 Å². The molecule has 110 valence electrons. The van der Waals surface area contributed by atoms with Crippen LogP contribution in [0.4, 0.5) is 0 Å². The van der Waals surface area contributed by atoms with Gasteiger partial charge in [-0.05, 0) is 26.3 Å². The first-order valence-electron chi connectivity index (χ1n) is 6.79. The lowest BCUT2D eigenvalue weighted by molar-refractivity contribution is 0.0912. The molecule has 0 radical (unpaired) electrons. The van der Waals surface area contributed by atoms with Gasteiger partial charge in [-0.3, -0.25) is 9.59 Å². The van der Waals surface area contributed by atoms with Crippen LogP contribution in [0.15, 0.2) is 47.5 Å². The highest BCUT2D eigenvalue weighted by Crippen LogP contribution is 2.02. The van der Waals surface area contributed by atoms with Crippen LogP contribution in [0.3, 0.4) is 0 Å². The molecule has 1 aromatic heterocycles. The second-order valence-corrected chi connectivity index (χ2v) is 5.90. The number of aromatic nitrogens is 2. The Balaban J connectivity index is 2.28. The van der Waals surface area contributed by atoms with E-state index in [-0.39, 0.29) is 11.3 Å². The molecule has 0 fully saturated rings. The topological polar surface area (TPSA) is 64.0 Å². The average Bonchev–Trinajstić information content (AvgIpc) is 2.40. The Morgan fingerprint density at radius 2 is 1.90 bits per heavy atom. The summed E-state index contributed by atoms with van der Waals surface area (Å²) >= 11 is 0. The molecular formula is C16H19N3O2. The summed E-state index contributed by atoms with van der Waals surface area (Å²) in [6.07, 6.45) is 3.06. The minimum absolute atomic E-state index is 0.0802. The van der Waals surface area contributed by atoms with Gasteiger partial charge < -0.3 is 9.88 Å². The summed E-state index contributed by atoms with van der Waals surface area (Å²) in [4.78, 5) is 28.4. The highest BCUT2D eigenvalue weighted by Gasteiger charge is 2.19. The van der Waals surface area contributed by atoms with Gasteiger partial charge in [0, 0.05) is 17.9 Å². The van der Waals surface area contributed by atoms with Crippen molar-refractivity contribution in [2.45, 2.75) is 32.9 Å². The lowest BCUT2D eigenvalue weighted by Gasteiger charge is -2.20. The molecule has 1 aromatic carbocycles. The van der Waals surface area contributed by atoms with Crippen molar-refractivity contribution in [3.05, 3.63) is 64.3 Å². The molecule has 1 heterocycles. The van der Waals surface area contributed by atoms with E-state index in [0.717, 1.165) is 5.56 Å². The fourth-order valence-corrected chi connectivity index (χ4v) is 1.91. The van der Waals surface area contributed by atoms with E-state index in [0.29, 0.717) is 6.54 Å². The molecule has 0 saturated carbocycles. The zero-order valence-corrected chi connectivity index (χ0v) is 12.5. The quantitative estimate of drug-likeness (QED) is 0.935. The van der Waals surface area contributed by atoms with E-state index in [1.165, 1.54) is 10.8 Å². The fraction of sp³-hybridized carbons (Fsp3) is 0.312. The Labute approximate surface area is 123 Å². The largest absolute Gasteiger partial charge is 0.346 e. The van der Waals surface area contributed by atoms with E-state index >= 15 is 0 Å². The third kappa shape index (κ3) is 4.02. The van der Waals surface area contributed by atoms with E-state index in [1.54, 1.807) is 6.20 Å². The highest BCUT2D eigenvalue weighted by molar-refractivity contribution is 5.92. The van der Waals surface area contributed by atoms with E-state index in [2.05, 4.69) is 10.3 Å². The first-order chi connectivity index (χ1) is 9.87. The number of nitrogens with one attached hydrogen (secondary N) is 1. The fourth-order valence-electron chi connectivity index (χ4n) is 1.91. The van der Waals surface area contributed by atoms with Crippen molar-refractivity contribution < 1.29 is 4.79 Å². The number of carbonyl (C=O) groups is 1. The van der Waals surface area contributed by atoms with Crippen LogP contribution >= 0.6 is 0 Å². The summed E-state index contributed by atoms with van der Waals surface area (Å²) in [6.45, 7) is 5.99. The molecule has 5 heteroatoms. The van der Waals surface area contributed by atoms with Gasteiger partial charge in [-0.15, -0.1) is 0 Å². The maximum atomic E-state index is 12.3. The van der Waals surface area contributed by atoms with Gasteiger partial charge >= 0.3 is 0 Å². The third-order valence-corrected chi connectivity index (χ3v) is 2.81. The van der Waals surface area contributed by atoms with Crippen molar-refractivity contribution >= 4 is 5.91 Å². The van der Waals surface area contributed by atoms with Crippen molar-refractivity contribution in [3.63, 3.8) is 0 Å². The van der Waals surface area contributed by atoms with Crippen molar-refractivity contribution in [3.8, 4) is 0 Å². The Hall–Kier alpha value is -2.43. The van der Waals surface area contributed by atoms with Gasteiger partial charge in [-0.25, -0.2) is 4.98 Å². The SMILES string of the molecule is CC(C)(C)NC(=O)c1nccn(Cc2ccccc2)c1=O. The zero-order valence-electron chi connectivity index (χ0n) is 12.5. The summed E-state index contributed by atoms with van der Waals surface area (Å²) in [6, 6.07) is 9.61. The molecule has 0 aliphatic heterocycles. The van der Waals surface area contributed by atoms with E-state index in [1.807, 2.05) is 51.1 Å². The minimum atomic E-state index is -0.449. The number of hydrogen-bond acceptors (Lipinski definition) is 3. The van der Waals surface area contributed by atoms with Crippen LogP contribution in [0.1, 0.15) is 36.8 Å². The maximum absolute atomic E-state index is 12.3. The molecule has 0 atom stereocenters. The van der Waals surface area contributed by atoms with Gasteiger partial charge in [-0.2, -0.15) is 0 Å². The van der Waals surface area contributed by atoms with Crippen molar-refractivity contribution in [2.24, 2.45) is 0 Å². The molecule has 2 rings (SSSR count). The summed E-state index contributed by atoms with van der Waals surface area (Å²) in [5.41, 5.74) is 0.116. The normalized spacial score (nSPS) is 11.2. The zero-order chi connectivity index (χ0) is 15.5. The Morgan fingerprint density at radius 3 is 2.52 bits per heavy atom. The number of carbonyl (C=O) groups excluding carboxylic acids is 1. The summed E-state index contributed by atoms with van der Waals surface area (Å²) in [5.74, 6) is -0.449. The standard InChI is InChI=1S/C16H19N3O2/c1-16(2,3)18-14(20)13-15(21)19(10-9-17-13)11-12-7-5-4-6-8-12/h4-10H,11H2,1-3H3,(H,18,20). The second-order valence-electron chi connectivity index (χ2n) is 5.90. The Morgan fingerprint density at radius 1 is 1.24 bits per heavy atom. The van der Waals surface area contributed by atoms with Crippen molar-refractivity contribution in [1.82, 2.24) is 14.9 Å². The first-order valence-corrected chi connectivity index (χ1v) is 6.79. The first kappa shape index (κ1) is 15.0. The summed E-state index contributed by atoms with van der Waals surface area (Å²) in [7, 11) is 0. The van der Waals surface area contributed by atoms with Gasteiger partial charge in [0.15, 0.2) is 5.69 Å². The van der Waals surface area contributed by atoms with Crippen LogP contribution in [0.5, 0.6) is 0 Å². The number of benzene rings is 1. The third-order valence-electron chi connectivity index (χ3n) is 2.81. The van der Waals surface area contributed by atoms with Gasteiger partial charge in [0.1, 0.15) is 0 Å². The lowest BCUT2D eigenvalue weighted by Crippen LogP contribution is -2.44. The number of hydrogen-bond donors (Lipinski definition) is 1. The highest BCUT2D eigenvalue weighted by atomic mass is 16.2. The summed E-state index contributed by atoms with van der Waals surface area (Å²) < 4.78 is 1.49. The van der Waals surface area contributed by atoms with Crippen LogP contribution in [0.25, 0.3) is 0 Å². The number of nitrogens with zero attached hydrogens (tertiary/aromatic N) is 2. The van der Waals surface area contributed by atoms with E-state index < -0.39 is 11.4 Å². The minimum Gasteiger partial charge on any atom is -0.346 e. The molecule has 0 aliphatic carbocycles. The molecule has 5 nitrogen and oxygen atoms in total. The molecule has 1 N–H and O–H groups in total. The molecule has 0 saturated heterocycles. The van der Waals surface area contributed by atoms with Crippen molar-refractivity contribution in [2.75, 3.05) is 0 Å². The lowest BCUT2D eigenvalue weighted by atomic mass is 10.1. The number of amides is 1. The molecule has 21 heavy (non-hydrogen) atoms. The van der Waals surface area contributed by atoms with Crippen LogP contribution in [-0.4, -0.2) is 21.0 Å². The van der Waals surface area contributed by atoms with Gasteiger partial charge in [0.25, 0.3) is 11.5 Å². The summed E-state index contributed by atoms with van der Waals surface area (Å²) in [5, 5.41) is 2.75. The molecule has 0 aliphatic rings.